The van der Waals surface area contributed by atoms with E-state index in [1.165, 1.54) is 0 Å². The van der Waals surface area contributed by atoms with Crippen LogP contribution >= 0.6 is 0 Å². The number of carboxylic acids is 1. The third-order valence-electron chi connectivity index (χ3n) is 3.46. The number of hydrogen-bond donors (Lipinski definition) is 2. The largest absolute Gasteiger partial charge is 0.497 e. The molecule has 1 unspecified atom stereocenters. The van der Waals surface area contributed by atoms with Crippen molar-refractivity contribution < 1.29 is 23.1 Å². The SMILES string of the molecule is COc1ccc(C(NS(=O)(=O)CCC(=O)O)C2CC2)cc1. The van der Waals surface area contributed by atoms with Crippen LogP contribution in [0.2, 0.25) is 0 Å². The minimum atomic E-state index is -3.61. The number of methoxy groups -OCH3 is 1. The highest BCUT2D eigenvalue weighted by Gasteiger charge is 2.35. The summed E-state index contributed by atoms with van der Waals surface area (Å²) in [5, 5.41) is 8.60. The first-order valence-electron chi connectivity index (χ1n) is 6.77. The van der Waals surface area contributed by atoms with Crippen LogP contribution in [0.5, 0.6) is 5.75 Å². The fourth-order valence-corrected chi connectivity index (χ4v) is 3.43. The van der Waals surface area contributed by atoms with E-state index in [0.29, 0.717) is 5.75 Å². The molecule has 1 aliphatic rings. The Bertz CT molecular complexity index is 592. The highest BCUT2D eigenvalue weighted by atomic mass is 32.2. The van der Waals surface area contributed by atoms with Gasteiger partial charge >= 0.3 is 5.97 Å². The molecule has 0 bridgehead atoms. The van der Waals surface area contributed by atoms with Gasteiger partial charge in [-0.25, -0.2) is 13.1 Å². The quantitative estimate of drug-likeness (QED) is 0.759. The molecule has 116 valence electrons. The topological polar surface area (TPSA) is 92.7 Å². The number of ether oxygens (including phenoxy) is 1. The van der Waals surface area contributed by atoms with Gasteiger partial charge in [-0.2, -0.15) is 0 Å². The molecule has 1 atom stereocenters. The van der Waals surface area contributed by atoms with Crippen molar-refractivity contribution in [3.05, 3.63) is 29.8 Å². The Morgan fingerprint density at radius 1 is 1.38 bits per heavy atom. The van der Waals surface area contributed by atoms with Crippen LogP contribution in [0.1, 0.15) is 30.9 Å². The molecule has 1 saturated carbocycles. The van der Waals surface area contributed by atoms with E-state index in [-0.39, 0.29) is 12.0 Å². The van der Waals surface area contributed by atoms with E-state index in [9.17, 15) is 13.2 Å². The smallest absolute Gasteiger partial charge is 0.304 e. The lowest BCUT2D eigenvalue weighted by molar-refractivity contribution is -0.136. The van der Waals surface area contributed by atoms with E-state index < -0.39 is 28.2 Å². The van der Waals surface area contributed by atoms with Crippen LogP contribution in [0, 0.1) is 5.92 Å². The fraction of sp³-hybridized carbons (Fsp3) is 0.500. The third kappa shape index (κ3) is 4.71. The molecule has 1 aromatic rings. The molecule has 2 rings (SSSR count). The summed E-state index contributed by atoms with van der Waals surface area (Å²) in [6.07, 6.45) is 1.55. The lowest BCUT2D eigenvalue weighted by Gasteiger charge is -2.19. The summed E-state index contributed by atoms with van der Waals surface area (Å²) >= 11 is 0. The molecule has 1 fully saturated rings. The number of benzene rings is 1. The molecular weight excluding hydrogens is 294 g/mol. The molecule has 7 heteroatoms. The van der Waals surface area contributed by atoms with Crippen molar-refractivity contribution in [1.29, 1.82) is 0 Å². The molecule has 2 N–H and O–H groups in total. The summed E-state index contributed by atoms with van der Waals surface area (Å²) in [5.74, 6) is -0.533. The maximum atomic E-state index is 12.0. The van der Waals surface area contributed by atoms with Crippen molar-refractivity contribution in [2.24, 2.45) is 5.92 Å². The average molecular weight is 313 g/mol. The van der Waals surface area contributed by atoms with E-state index in [1.807, 2.05) is 12.1 Å². The van der Waals surface area contributed by atoms with E-state index >= 15 is 0 Å². The van der Waals surface area contributed by atoms with Gasteiger partial charge < -0.3 is 9.84 Å². The van der Waals surface area contributed by atoms with Gasteiger partial charge in [-0.15, -0.1) is 0 Å². The second-order valence-corrected chi connectivity index (χ2v) is 7.04. The van der Waals surface area contributed by atoms with Gasteiger partial charge in [-0.1, -0.05) is 12.1 Å². The Labute approximate surface area is 124 Å². The standard InChI is InChI=1S/C14H19NO5S/c1-20-12-6-4-11(5-7-12)14(10-2-3-10)15-21(18,19)9-8-13(16)17/h4-7,10,14-15H,2-3,8-9H2,1H3,(H,16,17). The minimum absolute atomic E-state index is 0.276. The maximum Gasteiger partial charge on any atom is 0.304 e. The first kappa shape index (κ1) is 15.8. The van der Waals surface area contributed by atoms with Crippen LogP contribution in [0.3, 0.4) is 0 Å². The fourth-order valence-electron chi connectivity index (χ4n) is 2.15. The van der Waals surface area contributed by atoms with Crippen molar-refractivity contribution in [3.8, 4) is 5.75 Å². The van der Waals surface area contributed by atoms with Crippen LogP contribution in [0.15, 0.2) is 24.3 Å². The van der Waals surface area contributed by atoms with Crippen molar-refractivity contribution >= 4 is 16.0 Å². The molecule has 6 nitrogen and oxygen atoms in total. The monoisotopic (exact) mass is 313 g/mol. The van der Waals surface area contributed by atoms with Crippen molar-refractivity contribution in [2.45, 2.75) is 25.3 Å². The summed E-state index contributed by atoms with van der Waals surface area (Å²) < 4.78 is 31.7. The molecule has 0 radical (unpaired) electrons. The zero-order chi connectivity index (χ0) is 15.5. The molecule has 1 aliphatic carbocycles. The van der Waals surface area contributed by atoms with Gasteiger partial charge in [0.1, 0.15) is 5.75 Å². The van der Waals surface area contributed by atoms with Crippen LogP contribution in [0.25, 0.3) is 0 Å². The van der Waals surface area contributed by atoms with E-state index in [1.54, 1.807) is 19.2 Å². The molecule has 0 heterocycles. The molecular formula is C14H19NO5S. The van der Waals surface area contributed by atoms with Crippen molar-refractivity contribution in [2.75, 3.05) is 12.9 Å². The zero-order valence-electron chi connectivity index (χ0n) is 11.8. The van der Waals surface area contributed by atoms with Crippen LogP contribution in [-0.2, 0) is 14.8 Å². The number of rotatable bonds is 8. The zero-order valence-corrected chi connectivity index (χ0v) is 12.6. The molecule has 1 aromatic carbocycles. The Balaban J connectivity index is 2.10. The minimum Gasteiger partial charge on any atom is -0.497 e. The number of aliphatic carboxylic acids is 1. The van der Waals surface area contributed by atoms with Gasteiger partial charge in [-0.3, -0.25) is 4.79 Å². The van der Waals surface area contributed by atoms with E-state index in [2.05, 4.69) is 4.72 Å². The Morgan fingerprint density at radius 3 is 2.48 bits per heavy atom. The Morgan fingerprint density at radius 2 is 2.00 bits per heavy atom. The number of hydrogen-bond acceptors (Lipinski definition) is 4. The summed E-state index contributed by atoms with van der Waals surface area (Å²) in [6, 6.07) is 6.95. The molecule has 0 aliphatic heterocycles. The van der Waals surface area contributed by atoms with Gasteiger partial charge in [0, 0.05) is 6.04 Å². The summed E-state index contributed by atoms with van der Waals surface area (Å²) in [5.41, 5.74) is 0.872. The van der Waals surface area contributed by atoms with Crippen molar-refractivity contribution in [1.82, 2.24) is 4.72 Å². The van der Waals surface area contributed by atoms with E-state index in [4.69, 9.17) is 9.84 Å². The third-order valence-corrected chi connectivity index (χ3v) is 4.81. The van der Waals surface area contributed by atoms with Crippen LogP contribution < -0.4 is 9.46 Å². The van der Waals surface area contributed by atoms with Gasteiger partial charge in [0.15, 0.2) is 0 Å². The highest BCUT2D eigenvalue weighted by molar-refractivity contribution is 7.89. The van der Waals surface area contributed by atoms with Gasteiger partial charge in [0.2, 0.25) is 10.0 Å². The Hall–Kier alpha value is -1.60. The number of carbonyl (C=O) groups is 1. The van der Waals surface area contributed by atoms with Gasteiger partial charge in [0.05, 0.1) is 19.3 Å². The second-order valence-electron chi connectivity index (χ2n) is 5.17. The first-order chi connectivity index (χ1) is 9.91. The maximum absolute atomic E-state index is 12.0. The first-order valence-corrected chi connectivity index (χ1v) is 8.42. The second kappa shape index (κ2) is 6.44. The molecule has 0 spiro atoms. The van der Waals surface area contributed by atoms with E-state index in [0.717, 1.165) is 18.4 Å². The van der Waals surface area contributed by atoms with Crippen molar-refractivity contribution in [3.63, 3.8) is 0 Å². The highest BCUT2D eigenvalue weighted by Crippen LogP contribution is 2.41. The predicted octanol–water partition coefficient (Wildman–Crippen LogP) is 1.54. The lowest BCUT2D eigenvalue weighted by Crippen LogP contribution is -2.32. The normalized spacial score (nSPS) is 16.4. The molecule has 21 heavy (non-hydrogen) atoms. The average Bonchev–Trinajstić information content (AvgIpc) is 3.28. The van der Waals surface area contributed by atoms with Crippen LogP contribution in [-0.4, -0.2) is 32.4 Å². The molecule has 0 saturated heterocycles. The predicted molar refractivity (Wildman–Crippen MR) is 77.6 cm³/mol. The number of carboxylic acid groups (broad SMARTS) is 1. The summed E-state index contributed by atoms with van der Waals surface area (Å²) in [6.45, 7) is 0. The number of sulfonamides is 1. The molecule has 0 amide bonds. The summed E-state index contributed by atoms with van der Waals surface area (Å²) in [7, 11) is -2.04. The summed E-state index contributed by atoms with van der Waals surface area (Å²) in [4.78, 5) is 10.5. The number of nitrogens with one attached hydrogen (secondary N) is 1. The Kier molecular flexibility index (Phi) is 4.84. The lowest BCUT2D eigenvalue weighted by atomic mass is 10.0. The van der Waals surface area contributed by atoms with Crippen LogP contribution in [0.4, 0.5) is 0 Å². The van der Waals surface area contributed by atoms with Gasteiger partial charge in [0.25, 0.3) is 0 Å². The molecule has 0 aromatic heterocycles. The van der Waals surface area contributed by atoms with Gasteiger partial charge in [-0.05, 0) is 36.5 Å².